The molecule has 0 fully saturated rings. The zero-order valence-corrected chi connectivity index (χ0v) is 11.9. The molecule has 1 aliphatic rings. The molecule has 1 amide bonds. The second-order valence-corrected chi connectivity index (χ2v) is 4.88. The maximum atomic E-state index is 12.6. The highest BCUT2D eigenvalue weighted by Gasteiger charge is 2.33. The number of likely N-dealkylation sites (N-methyl/N-ethyl adjacent to an activating group) is 1. The van der Waals surface area contributed by atoms with Gasteiger partial charge in [-0.1, -0.05) is 13.0 Å². The Morgan fingerprint density at radius 2 is 2.05 bits per heavy atom. The Kier molecular flexibility index (Phi) is 4.41. The summed E-state index contributed by atoms with van der Waals surface area (Å²) in [5, 5.41) is 5.75. The van der Waals surface area contributed by atoms with Gasteiger partial charge in [0.05, 0.1) is 0 Å². The average molecular weight is 301 g/mol. The first-order chi connectivity index (χ1) is 9.85. The summed E-state index contributed by atoms with van der Waals surface area (Å²) in [4.78, 5) is 13.1. The molecule has 1 aromatic rings. The molecule has 0 aromatic heterocycles. The third kappa shape index (κ3) is 3.47. The van der Waals surface area contributed by atoms with E-state index in [2.05, 4.69) is 10.6 Å². The number of anilines is 2. The average Bonchev–Trinajstić information content (AvgIpc) is 2.71. The zero-order chi connectivity index (χ0) is 15.6. The number of rotatable bonds is 5. The maximum absolute atomic E-state index is 12.6. The Hall–Kier alpha value is -1.76. The van der Waals surface area contributed by atoms with Crippen molar-refractivity contribution in [2.45, 2.75) is 26.1 Å². The fourth-order valence-corrected chi connectivity index (χ4v) is 2.46. The van der Waals surface area contributed by atoms with E-state index in [1.807, 2.05) is 6.92 Å². The molecule has 1 atom stereocenters. The third-order valence-electron chi connectivity index (χ3n) is 3.39. The Morgan fingerprint density at radius 1 is 1.33 bits per heavy atom. The highest BCUT2D eigenvalue weighted by atomic mass is 19.4. The number of amides is 1. The number of benzene rings is 1. The monoisotopic (exact) mass is 301 g/mol. The second kappa shape index (κ2) is 5.93. The van der Waals surface area contributed by atoms with Gasteiger partial charge in [-0.05, 0) is 25.6 Å². The lowest BCUT2D eigenvalue weighted by atomic mass is 10.1. The van der Waals surface area contributed by atoms with E-state index in [1.165, 1.54) is 4.90 Å². The molecular formula is C14H18F3N3O. The predicted octanol–water partition coefficient (Wildman–Crippen LogP) is 2.68. The first-order valence-electron chi connectivity index (χ1n) is 6.85. The standard InChI is InChI=1S/C14H18F3N3O/c1-3-18-12-10-6-5-9(7-11(10)19-13(12)21)20(4-2)8-14(15,16)17/h5-7,12,18H,3-4,8H2,1-2H3,(H,19,21). The fourth-order valence-electron chi connectivity index (χ4n) is 2.46. The molecule has 0 aliphatic carbocycles. The van der Waals surface area contributed by atoms with Crippen LogP contribution in [0.4, 0.5) is 24.5 Å². The van der Waals surface area contributed by atoms with Crippen molar-refractivity contribution in [1.82, 2.24) is 5.32 Å². The van der Waals surface area contributed by atoms with Crippen LogP contribution in [0.3, 0.4) is 0 Å². The van der Waals surface area contributed by atoms with E-state index in [4.69, 9.17) is 0 Å². The number of hydrogen-bond acceptors (Lipinski definition) is 3. The molecule has 116 valence electrons. The minimum atomic E-state index is -4.26. The van der Waals surface area contributed by atoms with E-state index in [0.29, 0.717) is 17.9 Å². The largest absolute Gasteiger partial charge is 0.405 e. The van der Waals surface area contributed by atoms with Gasteiger partial charge >= 0.3 is 6.18 Å². The molecule has 0 saturated heterocycles. The van der Waals surface area contributed by atoms with E-state index in [1.54, 1.807) is 25.1 Å². The van der Waals surface area contributed by atoms with Crippen LogP contribution in [0.1, 0.15) is 25.5 Å². The highest BCUT2D eigenvalue weighted by Crippen LogP contribution is 2.34. The van der Waals surface area contributed by atoms with Crippen molar-refractivity contribution in [2.24, 2.45) is 0 Å². The fraction of sp³-hybridized carbons (Fsp3) is 0.500. The van der Waals surface area contributed by atoms with E-state index >= 15 is 0 Å². The Bertz CT molecular complexity index is 531. The maximum Gasteiger partial charge on any atom is 0.405 e. The van der Waals surface area contributed by atoms with Crippen molar-refractivity contribution < 1.29 is 18.0 Å². The molecule has 1 heterocycles. The minimum absolute atomic E-state index is 0.178. The molecule has 1 aliphatic heterocycles. The van der Waals surface area contributed by atoms with Crippen LogP contribution in [-0.2, 0) is 4.79 Å². The lowest BCUT2D eigenvalue weighted by Gasteiger charge is -2.25. The molecule has 0 bridgehead atoms. The minimum Gasteiger partial charge on any atom is -0.363 e. The Balaban J connectivity index is 2.26. The van der Waals surface area contributed by atoms with Gasteiger partial charge in [-0.15, -0.1) is 0 Å². The highest BCUT2D eigenvalue weighted by molar-refractivity contribution is 6.03. The third-order valence-corrected chi connectivity index (χ3v) is 3.39. The first kappa shape index (κ1) is 15.6. The summed E-state index contributed by atoms with van der Waals surface area (Å²) in [6.45, 7) is 3.42. The summed E-state index contributed by atoms with van der Waals surface area (Å²) in [7, 11) is 0. The number of carbonyl (C=O) groups excluding carboxylic acids is 1. The Labute approximate surface area is 121 Å². The normalized spacial score (nSPS) is 17.6. The van der Waals surface area contributed by atoms with Gasteiger partial charge in [0.25, 0.3) is 0 Å². The van der Waals surface area contributed by atoms with E-state index in [9.17, 15) is 18.0 Å². The van der Waals surface area contributed by atoms with Gasteiger partial charge in [0.15, 0.2) is 0 Å². The molecule has 2 rings (SSSR count). The van der Waals surface area contributed by atoms with Gasteiger partial charge in [-0.25, -0.2) is 0 Å². The van der Waals surface area contributed by atoms with E-state index in [-0.39, 0.29) is 12.5 Å². The summed E-state index contributed by atoms with van der Waals surface area (Å²) >= 11 is 0. The molecule has 1 unspecified atom stereocenters. The lowest BCUT2D eigenvalue weighted by Crippen LogP contribution is -2.34. The Morgan fingerprint density at radius 3 is 2.62 bits per heavy atom. The topological polar surface area (TPSA) is 44.4 Å². The number of nitrogens with zero attached hydrogens (tertiary/aromatic N) is 1. The van der Waals surface area contributed by atoms with Crippen LogP contribution in [0.5, 0.6) is 0 Å². The van der Waals surface area contributed by atoms with Gasteiger partial charge in [0.2, 0.25) is 5.91 Å². The summed E-state index contributed by atoms with van der Waals surface area (Å²) in [5.74, 6) is -0.178. The number of fused-ring (bicyclic) bond motifs is 1. The van der Waals surface area contributed by atoms with Crippen LogP contribution in [0.25, 0.3) is 0 Å². The summed E-state index contributed by atoms with van der Waals surface area (Å²) in [6.07, 6.45) is -4.26. The van der Waals surface area contributed by atoms with Gasteiger partial charge in [0, 0.05) is 23.5 Å². The van der Waals surface area contributed by atoms with Crippen molar-refractivity contribution in [1.29, 1.82) is 0 Å². The van der Waals surface area contributed by atoms with Gasteiger partial charge in [-0.2, -0.15) is 13.2 Å². The van der Waals surface area contributed by atoms with Gasteiger partial charge < -0.3 is 15.5 Å². The van der Waals surface area contributed by atoms with Crippen LogP contribution in [0, 0.1) is 0 Å². The lowest BCUT2D eigenvalue weighted by molar-refractivity contribution is -0.119. The van der Waals surface area contributed by atoms with Crippen molar-refractivity contribution in [3.63, 3.8) is 0 Å². The first-order valence-corrected chi connectivity index (χ1v) is 6.85. The van der Waals surface area contributed by atoms with Crippen LogP contribution in [-0.4, -0.2) is 31.7 Å². The van der Waals surface area contributed by atoms with Crippen LogP contribution in [0.15, 0.2) is 18.2 Å². The number of carbonyl (C=O) groups is 1. The van der Waals surface area contributed by atoms with Gasteiger partial charge in [0.1, 0.15) is 12.6 Å². The van der Waals surface area contributed by atoms with Crippen molar-refractivity contribution in [3.8, 4) is 0 Å². The SMILES string of the molecule is CCNC1C(=O)Nc2cc(N(CC)CC(F)(F)F)ccc21. The van der Waals surface area contributed by atoms with Crippen LogP contribution in [0.2, 0.25) is 0 Å². The number of halogens is 3. The molecule has 0 saturated carbocycles. The van der Waals surface area contributed by atoms with Crippen molar-refractivity contribution in [2.75, 3.05) is 29.9 Å². The molecule has 0 radical (unpaired) electrons. The molecular weight excluding hydrogens is 283 g/mol. The van der Waals surface area contributed by atoms with Gasteiger partial charge in [-0.3, -0.25) is 4.79 Å². The van der Waals surface area contributed by atoms with Crippen LogP contribution < -0.4 is 15.5 Å². The van der Waals surface area contributed by atoms with Crippen molar-refractivity contribution >= 4 is 17.3 Å². The summed E-state index contributed by atoms with van der Waals surface area (Å²) in [6, 6.07) is 4.49. The molecule has 1 aromatic carbocycles. The quantitative estimate of drug-likeness (QED) is 0.879. The molecule has 4 nitrogen and oxygen atoms in total. The molecule has 21 heavy (non-hydrogen) atoms. The summed E-state index contributed by atoms with van der Waals surface area (Å²) in [5.41, 5.74) is 1.80. The smallest absolute Gasteiger partial charge is 0.363 e. The molecule has 0 spiro atoms. The van der Waals surface area contributed by atoms with Crippen LogP contribution >= 0.6 is 0 Å². The number of alkyl halides is 3. The summed E-state index contributed by atoms with van der Waals surface area (Å²) < 4.78 is 37.7. The van der Waals surface area contributed by atoms with E-state index < -0.39 is 18.8 Å². The zero-order valence-electron chi connectivity index (χ0n) is 11.9. The number of hydrogen-bond donors (Lipinski definition) is 2. The van der Waals surface area contributed by atoms with Crippen molar-refractivity contribution in [3.05, 3.63) is 23.8 Å². The predicted molar refractivity (Wildman–Crippen MR) is 75.4 cm³/mol. The second-order valence-electron chi connectivity index (χ2n) is 4.88. The molecule has 2 N–H and O–H groups in total. The molecule has 7 heteroatoms. The number of nitrogens with one attached hydrogen (secondary N) is 2. The van der Waals surface area contributed by atoms with E-state index in [0.717, 1.165) is 5.56 Å².